The van der Waals surface area contributed by atoms with Gasteiger partial charge in [-0.3, -0.25) is 4.79 Å². The van der Waals surface area contributed by atoms with Crippen molar-refractivity contribution in [3.63, 3.8) is 0 Å². The van der Waals surface area contributed by atoms with Crippen molar-refractivity contribution in [2.75, 3.05) is 31.1 Å². The molecule has 0 aromatic heterocycles. The smallest absolute Gasteiger partial charge is 0.308 e. The summed E-state index contributed by atoms with van der Waals surface area (Å²) < 4.78 is 0. The lowest BCUT2D eigenvalue weighted by Gasteiger charge is -2.19. The third-order valence-corrected chi connectivity index (χ3v) is 4.78. The summed E-state index contributed by atoms with van der Waals surface area (Å²) in [5.41, 5.74) is 0. The highest BCUT2D eigenvalue weighted by atomic mass is 32.2. The Bertz CT molecular complexity index is 241. The lowest BCUT2D eigenvalue weighted by molar-refractivity contribution is -0.142. The Labute approximate surface area is 95.2 Å². The van der Waals surface area contributed by atoms with Crippen LogP contribution < -0.4 is 0 Å². The van der Waals surface area contributed by atoms with Crippen molar-refractivity contribution < 1.29 is 9.90 Å². The number of rotatable bonds is 3. The highest BCUT2D eigenvalue weighted by molar-refractivity contribution is 7.99. The highest BCUT2D eigenvalue weighted by Crippen LogP contribution is 2.28. The summed E-state index contributed by atoms with van der Waals surface area (Å²) in [7, 11) is 0. The monoisotopic (exact) mass is 229 g/mol. The average Bonchev–Trinajstić information content (AvgIpc) is 2.75. The van der Waals surface area contributed by atoms with Crippen LogP contribution in [0.1, 0.15) is 13.3 Å². The van der Waals surface area contributed by atoms with Gasteiger partial charge >= 0.3 is 5.97 Å². The molecule has 0 aromatic carbocycles. The van der Waals surface area contributed by atoms with Crippen LogP contribution in [0.4, 0.5) is 0 Å². The SMILES string of the molecule is CC1CN(CC2CCSC2)CC1C(=O)O. The van der Waals surface area contributed by atoms with E-state index in [0.717, 1.165) is 25.6 Å². The molecule has 3 atom stereocenters. The van der Waals surface area contributed by atoms with Crippen molar-refractivity contribution in [2.24, 2.45) is 17.8 Å². The van der Waals surface area contributed by atoms with Crippen LogP contribution in [0, 0.1) is 17.8 Å². The number of thioether (sulfide) groups is 1. The van der Waals surface area contributed by atoms with Crippen LogP contribution in [0.3, 0.4) is 0 Å². The Morgan fingerprint density at radius 2 is 2.33 bits per heavy atom. The molecule has 2 saturated heterocycles. The fraction of sp³-hybridized carbons (Fsp3) is 0.909. The molecule has 0 radical (unpaired) electrons. The second-order valence-electron chi connectivity index (χ2n) is 4.87. The summed E-state index contributed by atoms with van der Waals surface area (Å²) >= 11 is 2.03. The molecule has 86 valence electrons. The van der Waals surface area contributed by atoms with E-state index in [2.05, 4.69) is 11.8 Å². The van der Waals surface area contributed by atoms with Gasteiger partial charge in [0.25, 0.3) is 0 Å². The van der Waals surface area contributed by atoms with E-state index >= 15 is 0 Å². The Morgan fingerprint density at radius 3 is 2.87 bits per heavy atom. The summed E-state index contributed by atoms with van der Waals surface area (Å²) in [6.45, 7) is 4.90. The number of hydrogen-bond acceptors (Lipinski definition) is 3. The third-order valence-electron chi connectivity index (χ3n) is 3.55. The van der Waals surface area contributed by atoms with Crippen LogP contribution in [-0.2, 0) is 4.79 Å². The minimum Gasteiger partial charge on any atom is -0.481 e. The van der Waals surface area contributed by atoms with E-state index in [4.69, 9.17) is 5.11 Å². The van der Waals surface area contributed by atoms with Gasteiger partial charge in [0.05, 0.1) is 5.92 Å². The summed E-state index contributed by atoms with van der Waals surface area (Å²) in [6, 6.07) is 0. The fourth-order valence-electron chi connectivity index (χ4n) is 2.63. The summed E-state index contributed by atoms with van der Waals surface area (Å²) in [4.78, 5) is 13.3. The number of hydrogen-bond donors (Lipinski definition) is 1. The van der Waals surface area contributed by atoms with Crippen molar-refractivity contribution in [3.05, 3.63) is 0 Å². The zero-order chi connectivity index (χ0) is 10.8. The second kappa shape index (κ2) is 4.74. The van der Waals surface area contributed by atoms with Gasteiger partial charge in [-0.15, -0.1) is 0 Å². The molecule has 0 spiro atoms. The Hall–Kier alpha value is -0.220. The van der Waals surface area contributed by atoms with Crippen molar-refractivity contribution in [1.82, 2.24) is 4.90 Å². The molecule has 0 bridgehead atoms. The predicted octanol–water partition coefficient (Wildman–Crippen LogP) is 1.39. The second-order valence-corrected chi connectivity index (χ2v) is 6.02. The van der Waals surface area contributed by atoms with E-state index in [1.165, 1.54) is 17.9 Å². The maximum absolute atomic E-state index is 11.0. The quantitative estimate of drug-likeness (QED) is 0.794. The topological polar surface area (TPSA) is 40.5 Å². The molecule has 4 heteroatoms. The number of nitrogens with zero attached hydrogens (tertiary/aromatic N) is 1. The van der Waals surface area contributed by atoms with E-state index in [1.807, 2.05) is 11.8 Å². The maximum Gasteiger partial charge on any atom is 0.308 e. The van der Waals surface area contributed by atoms with Gasteiger partial charge in [0.15, 0.2) is 0 Å². The van der Waals surface area contributed by atoms with Gasteiger partial charge in [0.1, 0.15) is 0 Å². The van der Waals surface area contributed by atoms with Crippen molar-refractivity contribution in [3.8, 4) is 0 Å². The first-order valence-electron chi connectivity index (χ1n) is 5.69. The van der Waals surface area contributed by atoms with E-state index in [1.54, 1.807) is 0 Å². The molecule has 3 nitrogen and oxygen atoms in total. The van der Waals surface area contributed by atoms with E-state index < -0.39 is 5.97 Å². The Kier molecular flexibility index (Phi) is 3.57. The van der Waals surface area contributed by atoms with Gasteiger partial charge < -0.3 is 10.0 Å². The van der Waals surface area contributed by atoms with Crippen LogP contribution in [0.25, 0.3) is 0 Å². The van der Waals surface area contributed by atoms with E-state index in [0.29, 0.717) is 5.92 Å². The van der Waals surface area contributed by atoms with Crippen LogP contribution in [-0.4, -0.2) is 47.1 Å². The molecular weight excluding hydrogens is 210 g/mol. The number of carbonyl (C=O) groups is 1. The zero-order valence-electron chi connectivity index (χ0n) is 9.19. The maximum atomic E-state index is 11.0. The van der Waals surface area contributed by atoms with Crippen molar-refractivity contribution in [2.45, 2.75) is 13.3 Å². The van der Waals surface area contributed by atoms with Crippen molar-refractivity contribution in [1.29, 1.82) is 0 Å². The predicted molar refractivity (Wildman–Crippen MR) is 62.2 cm³/mol. The van der Waals surface area contributed by atoms with Gasteiger partial charge in [-0.25, -0.2) is 0 Å². The first kappa shape index (κ1) is 11.3. The van der Waals surface area contributed by atoms with Crippen molar-refractivity contribution >= 4 is 17.7 Å². The van der Waals surface area contributed by atoms with Crippen LogP contribution in [0.15, 0.2) is 0 Å². The lowest BCUT2D eigenvalue weighted by Crippen LogP contribution is -2.28. The van der Waals surface area contributed by atoms with Gasteiger partial charge in [-0.1, -0.05) is 6.92 Å². The first-order chi connectivity index (χ1) is 7.16. The van der Waals surface area contributed by atoms with Crippen LogP contribution in [0.2, 0.25) is 0 Å². The number of likely N-dealkylation sites (tertiary alicyclic amines) is 1. The number of aliphatic carboxylic acids is 1. The van der Waals surface area contributed by atoms with E-state index in [9.17, 15) is 4.79 Å². The molecule has 0 aliphatic carbocycles. The molecule has 0 saturated carbocycles. The molecule has 0 aromatic rings. The molecule has 1 N–H and O–H groups in total. The number of carboxylic acid groups (broad SMARTS) is 1. The zero-order valence-corrected chi connectivity index (χ0v) is 10.0. The molecule has 3 unspecified atom stereocenters. The van der Waals surface area contributed by atoms with Gasteiger partial charge in [0.2, 0.25) is 0 Å². The minimum absolute atomic E-state index is 0.140. The standard InChI is InChI=1S/C11H19NO2S/c1-8-4-12(6-10(8)11(13)14)5-9-2-3-15-7-9/h8-10H,2-7H2,1H3,(H,13,14). The minimum atomic E-state index is -0.620. The van der Waals surface area contributed by atoms with Crippen LogP contribution in [0.5, 0.6) is 0 Å². The average molecular weight is 229 g/mol. The highest BCUT2D eigenvalue weighted by Gasteiger charge is 2.35. The summed E-state index contributed by atoms with van der Waals surface area (Å²) in [6.07, 6.45) is 1.31. The molecule has 0 amide bonds. The molecule has 15 heavy (non-hydrogen) atoms. The molecule has 2 rings (SSSR count). The van der Waals surface area contributed by atoms with Crippen LogP contribution >= 0.6 is 11.8 Å². The normalized spacial score (nSPS) is 37.3. The molecule has 2 fully saturated rings. The van der Waals surface area contributed by atoms with Gasteiger partial charge in [0, 0.05) is 19.6 Å². The summed E-state index contributed by atoms with van der Waals surface area (Å²) in [5.74, 6) is 2.91. The first-order valence-corrected chi connectivity index (χ1v) is 6.85. The lowest BCUT2D eigenvalue weighted by atomic mass is 9.99. The molecular formula is C11H19NO2S. The fourth-order valence-corrected chi connectivity index (χ4v) is 3.90. The Morgan fingerprint density at radius 1 is 1.53 bits per heavy atom. The molecule has 2 heterocycles. The third kappa shape index (κ3) is 2.67. The Balaban J connectivity index is 1.82. The summed E-state index contributed by atoms with van der Waals surface area (Å²) in [5, 5.41) is 9.03. The van der Waals surface area contributed by atoms with Gasteiger partial charge in [-0.2, -0.15) is 11.8 Å². The van der Waals surface area contributed by atoms with Gasteiger partial charge in [-0.05, 0) is 29.8 Å². The largest absolute Gasteiger partial charge is 0.481 e. The number of carboxylic acids is 1. The molecule has 2 aliphatic heterocycles. The molecule has 2 aliphatic rings. The van der Waals surface area contributed by atoms with E-state index in [-0.39, 0.29) is 5.92 Å².